The zero-order chi connectivity index (χ0) is 21.1. The number of hydrogen-bond donors (Lipinski definition) is 0. The Morgan fingerprint density at radius 2 is 1.53 bits per heavy atom. The van der Waals surface area contributed by atoms with Crippen molar-refractivity contribution in [3.8, 4) is 11.5 Å². The first kappa shape index (κ1) is 20.6. The highest BCUT2D eigenvalue weighted by molar-refractivity contribution is 5.69. The molecule has 0 aromatic heterocycles. The average molecular weight is 410 g/mol. The smallest absolute Gasteiger partial charge is 0.410 e. The van der Waals surface area contributed by atoms with Crippen LogP contribution in [0.3, 0.4) is 0 Å². The third kappa shape index (κ3) is 5.07. The molecule has 2 fully saturated rings. The minimum Gasteiger partial charge on any atom is -0.490 e. The molecule has 4 rings (SSSR count). The van der Waals surface area contributed by atoms with Gasteiger partial charge in [-0.1, -0.05) is 30.3 Å². The molecule has 2 heterocycles. The molecule has 2 aromatic carbocycles. The van der Waals surface area contributed by atoms with Gasteiger partial charge in [0.25, 0.3) is 0 Å². The SMILES string of the molecule is CC(C)(C)OC(=O)N1[C@@H]2CC[C@H]1CC(Oc1ccc(OCc3ccccc3)cc1)C2. The van der Waals surface area contributed by atoms with Crippen molar-refractivity contribution in [1.29, 1.82) is 0 Å². The number of nitrogens with zero attached hydrogens (tertiary/aromatic N) is 1. The van der Waals surface area contributed by atoms with Crippen LogP contribution in [0, 0.1) is 0 Å². The molecular weight excluding hydrogens is 378 g/mol. The average Bonchev–Trinajstić information content (AvgIpc) is 2.98. The van der Waals surface area contributed by atoms with Crippen LogP contribution in [0.25, 0.3) is 0 Å². The third-order valence-electron chi connectivity index (χ3n) is 5.67. The highest BCUT2D eigenvalue weighted by Gasteiger charge is 2.45. The summed E-state index contributed by atoms with van der Waals surface area (Å²) in [5.74, 6) is 1.67. The molecule has 1 unspecified atom stereocenters. The molecule has 2 aromatic rings. The van der Waals surface area contributed by atoms with Crippen LogP contribution in [0.1, 0.15) is 52.0 Å². The predicted molar refractivity (Wildman–Crippen MR) is 116 cm³/mol. The van der Waals surface area contributed by atoms with Gasteiger partial charge in [0.15, 0.2) is 0 Å². The molecule has 0 N–H and O–H groups in total. The number of benzene rings is 2. The van der Waals surface area contributed by atoms with E-state index >= 15 is 0 Å². The van der Waals surface area contributed by atoms with Crippen molar-refractivity contribution < 1.29 is 19.0 Å². The monoisotopic (exact) mass is 409 g/mol. The van der Waals surface area contributed by atoms with E-state index < -0.39 is 5.60 Å². The van der Waals surface area contributed by atoms with Crippen LogP contribution < -0.4 is 9.47 Å². The second kappa shape index (κ2) is 8.58. The van der Waals surface area contributed by atoms with Crippen LogP contribution >= 0.6 is 0 Å². The van der Waals surface area contributed by atoms with Gasteiger partial charge in [0.2, 0.25) is 0 Å². The van der Waals surface area contributed by atoms with E-state index in [1.807, 2.05) is 68.1 Å². The Morgan fingerprint density at radius 1 is 0.933 bits per heavy atom. The topological polar surface area (TPSA) is 48.0 Å². The van der Waals surface area contributed by atoms with Gasteiger partial charge in [0.05, 0.1) is 0 Å². The van der Waals surface area contributed by atoms with Gasteiger partial charge in [0, 0.05) is 24.9 Å². The van der Waals surface area contributed by atoms with Crippen LogP contribution in [0.15, 0.2) is 54.6 Å². The zero-order valence-corrected chi connectivity index (χ0v) is 18.0. The molecule has 30 heavy (non-hydrogen) atoms. The summed E-state index contributed by atoms with van der Waals surface area (Å²) in [6.07, 6.45) is 3.68. The molecule has 5 heteroatoms. The Morgan fingerprint density at radius 3 is 2.13 bits per heavy atom. The standard InChI is InChI=1S/C25H31NO4/c1-25(2,3)30-24(27)26-19-9-10-20(26)16-23(15-19)29-22-13-11-21(12-14-22)28-17-18-7-5-4-6-8-18/h4-8,11-14,19-20,23H,9-10,15-17H2,1-3H3/t19-,20+,23?. The summed E-state index contributed by atoms with van der Waals surface area (Å²) in [7, 11) is 0. The van der Waals surface area contributed by atoms with Gasteiger partial charge in [-0.2, -0.15) is 0 Å². The Balaban J connectivity index is 1.30. The Bertz CT molecular complexity index is 830. The summed E-state index contributed by atoms with van der Waals surface area (Å²) in [6.45, 7) is 6.29. The summed E-state index contributed by atoms with van der Waals surface area (Å²) in [6, 6.07) is 18.4. The second-order valence-electron chi connectivity index (χ2n) is 9.23. The third-order valence-corrected chi connectivity index (χ3v) is 5.67. The van der Waals surface area contributed by atoms with Crippen LogP contribution in [0.5, 0.6) is 11.5 Å². The first-order valence-corrected chi connectivity index (χ1v) is 10.8. The maximum atomic E-state index is 12.6. The van der Waals surface area contributed by atoms with Crippen LogP contribution in [0.4, 0.5) is 4.79 Å². The highest BCUT2D eigenvalue weighted by Crippen LogP contribution is 2.38. The van der Waals surface area contributed by atoms with Crippen molar-refractivity contribution >= 4 is 6.09 Å². The van der Waals surface area contributed by atoms with Crippen molar-refractivity contribution in [2.45, 2.75) is 76.9 Å². The number of piperidine rings is 1. The predicted octanol–water partition coefficient (Wildman–Crippen LogP) is 5.57. The van der Waals surface area contributed by atoms with Crippen LogP contribution in [-0.4, -0.2) is 34.8 Å². The summed E-state index contributed by atoms with van der Waals surface area (Å²) < 4.78 is 17.7. The lowest BCUT2D eigenvalue weighted by Crippen LogP contribution is -2.50. The lowest BCUT2D eigenvalue weighted by atomic mass is 10.00. The Hall–Kier alpha value is -2.69. The van der Waals surface area contributed by atoms with Crippen molar-refractivity contribution in [2.75, 3.05) is 0 Å². The van der Waals surface area contributed by atoms with Crippen LogP contribution in [0.2, 0.25) is 0 Å². The molecule has 2 aliphatic heterocycles. The van der Waals surface area contributed by atoms with Gasteiger partial charge < -0.3 is 19.1 Å². The number of ether oxygens (including phenoxy) is 3. The molecule has 0 aliphatic carbocycles. The Labute approximate surface area is 178 Å². The fourth-order valence-electron chi connectivity index (χ4n) is 4.38. The molecule has 5 nitrogen and oxygen atoms in total. The molecule has 0 spiro atoms. The number of carbonyl (C=O) groups is 1. The first-order valence-electron chi connectivity index (χ1n) is 10.8. The lowest BCUT2D eigenvalue weighted by molar-refractivity contribution is -0.00708. The molecule has 1 amide bonds. The largest absolute Gasteiger partial charge is 0.490 e. The molecule has 0 saturated carbocycles. The number of amides is 1. The minimum absolute atomic E-state index is 0.122. The molecule has 0 radical (unpaired) electrons. The second-order valence-corrected chi connectivity index (χ2v) is 9.23. The van der Waals surface area contributed by atoms with Gasteiger partial charge in [-0.25, -0.2) is 4.79 Å². The van der Waals surface area contributed by atoms with Gasteiger partial charge in [-0.05, 0) is 63.4 Å². The van der Waals surface area contributed by atoms with Gasteiger partial charge >= 0.3 is 6.09 Å². The molecule has 3 atom stereocenters. The fraction of sp³-hybridized carbons (Fsp3) is 0.480. The molecule has 2 aliphatic rings. The fourth-order valence-corrected chi connectivity index (χ4v) is 4.38. The van der Waals surface area contributed by atoms with Gasteiger partial charge in [-0.15, -0.1) is 0 Å². The summed E-state index contributed by atoms with van der Waals surface area (Å²) >= 11 is 0. The zero-order valence-electron chi connectivity index (χ0n) is 18.0. The van der Waals surface area contributed by atoms with Crippen LogP contribution in [-0.2, 0) is 11.3 Å². The van der Waals surface area contributed by atoms with E-state index in [2.05, 4.69) is 12.1 Å². The van der Waals surface area contributed by atoms with E-state index in [-0.39, 0.29) is 24.3 Å². The quantitative estimate of drug-likeness (QED) is 0.647. The molecule has 2 saturated heterocycles. The number of fused-ring (bicyclic) bond motifs is 2. The molecular formula is C25H31NO4. The van der Waals surface area contributed by atoms with Crippen molar-refractivity contribution in [3.63, 3.8) is 0 Å². The Kier molecular flexibility index (Phi) is 5.89. The van der Waals surface area contributed by atoms with E-state index in [0.717, 1.165) is 42.7 Å². The van der Waals surface area contributed by atoms with Gasteiger partial charge in [0.1, 0.15) is 29.8 Å². The first-order chi connectivity index (χ1) is 14.4. The highest BCUT2D eigenvalue weighted by atomic mass is 16.6. The maximum absolute atomic E-state index is 12.6. The van der Waals surface area contributed by atoms with E-state index in [1.54, 1.807) is 0 Å². The molecule has 2 bridgehead atoms. The van der Waals surface area contributed by atoms with Gasteiger partial charge in [-0.3, -0.25) is 0 Å². The normalized spacial score (nSPS) is 23.2. The number of carbonyl (C=O) groups excluding carboxylic acids is 1. The van der Waals surface area contributed by atoms with Crippen molar-refractivity contribution in [3.05, 3.63) is 60.2 Å². The lowest BCUT2D eigenvalue weighted by Gasteiger charge is -2.39. The maximum Gasteiger partial charge on any atom is 0.410 e. The summed E-state index contributed by atoms with van der Waals surface area (Å²) in [5, 5.41) is 0. The van der Waals surface area contributed by atoms with E-state index in [4.69, 9.17) is 14.2 Å². The van der Waals surface area contributed by atoms with Crippen molar-refractivity contribution in [2.24, 2.45) is 0 Å². The number of rotatable bonds is 5. The minimum atomic E-state index is -0.464. The number of hydrogen-bond acceptors (Lipinski definition) is 4. The van der Waals surface area contributed by atoms with Crippen molar-refractivity contribution in [1.82, 2.24) is 4.90 Å². The van der Waals surface area contributed by atoms with E-state index in [9.17, 15) is 4.79 Å². The van der Waals surface area contributed by atoms with E-state index in [0.29, 0.717) is 6.61 Å². The molecule has 160 valence electrons. The van der Waals surface area contributed by atoms with E-state index in [1.165, 1.54) is 0 Å². The summed E-state index contributed by atoms with van der Waals surface area (Å²) in [5.41, 5.74) is 0.679. The summed E-state index contributed by atoms with van der Waals surface area (Å²) in [4.78, 5) is 14.5.